The van der Waals surface area contributed by atoms with E-state index in [1.807, 2.05) is 0 Å². The van der Waals surface area contributed by atoms with Crippen LogP contribution in [-0.4, -0.2) is 29.0 Å². The maximum absolute atomic E-state index is 13.2. The van der Waals surface area contributed by atoms with Crippen molar-refractivity contribution in [1.82, 2.24) is 15.3 Å². The van der Waals surface area contributed by atoms with Crippen molar-refractivity contribution in [2.75, 3.05) is 23.7 Å². The van der Waals surface area contributed by atoms with E-state index in [9.17, 15) is 9.18 Å². The number of hydrogen-bond acceptors (Lipinski definition) is 5. The van der Waals surface area contributed by atoms with Crippen molar-refractivity contribution < 1.29 is 9.18 Å². The highest BCUT2D eigenvalue weighted by atomic mass is 35.5. The molecule has 0 radical (unpaired) electrons. The zero-order valence-corrected chi connectivity index (χ0v) is 15.3. The quantitative estimate of drug-likeness (QED) is 0.855. The normalized spacial score (nSPS) is 17.2. The summed E-state index contributed by atoms with van der Waals surface area (Å²) in [5.41, 5.74) is 6.87. The van der Waals surface area contributed by atoms with Gasteiger partial charge in [-0.1, -0.05) is 24.6 Å². The van der Waals surface area contributed by atoms with Gasteiger partial charge < -0.3 is 16.0 Å². The van der Waals surface area contributed by atoms with Crippen molar-refractivity contribution >= 4 is 29.3 Å². The summed E-state index contributed by atoms with van der Waals surface area (Å²) < 4.78 is 13.2. The molecule has 0 saturated carbocycles. The zero-order chi connectivity index (χ0) is 18.7. The molecule has 1 amide bonds. The molecule has 1 aromatic carbocycles. The van der Waals surface area contributed by atoms with E-state index >= 15 is 0 Å². The number of halogens is 2. The summed E-state index contributed by atoms with van der Waals surface area (Å²) >= 11 is 5.74. The van der Waals surface area contributed by atoms with E-state index in [-0.39, 0.29) is 28.9 Å². The molecule has 0 aliphatic carbocycles. The first-order valence-electron chi connectivity index (χ1n) is 8.53. The Balaban J connectivity index is 1.66. The number of nitrogens with two attached hydrogens (primary N) is 1. The van der Waals surface area contributed by atoms with Crippen molar-refractivity contribution in [2.24, 2.45) is 5.92 Å². The summed E-state index contributed by atoms with van der Waals surface area (Å²) in [6.45, 7) is 4.17. The molecule has 8 heteroatoms. The van der Waals surface area contributed by atoms with Crippen molar-refractivity contribution in [3.63, 3.8) is 0 Å². The molecule has 0 bridgehead atoms. The minimum atomic E-state index is -0.498. The average Bonchev–Trinajstić information content (AvgIpc) is 2.62. The highest BCUT2D eigenvalue weighted by Crippen LogP contribution is 2.21. The van der Waals surface area contributed by atoms with Crippen molar-refractivity contribution in [2.45, 2.75) is 26.3 Å². The van der Waals surface area contributed by atoms with Gasteiger partial charge in [-0.3, -0.25) is 4.79 Å². The smallest absolute Gasteiger partial charge is 0.256 e. The van der Waals surface area contributed by atoms with Gasteiger partial charge in [-0.15, -0.1) is 0 Å². The van der Waals surface area contributed by atoms with E-state index in [1.165, 1.54) is 24.8 Å². The lowest BCUT2D eigenvalue weighted by Crippen LogP contribution is -2.35. The Bertz CT molecular complexity index is 816. The predicted molar refractivity (Wildman–Crippen MR) is 99.6 cm³/mol. The number of amides is 1. The average molecular weight is 378 g/mol. The Morgan fingerprint density at radius 2 is 2.31 bits per heavy atom. The van der Waals surface area contributed by atoms with Gasteiger partial charge in [-0.05, 0) is 36.5 Å². The number of aromatic nitrogens is 2. The lowest BCUT2D eigenvalue weighted by molar-refractivity contribution is 0.0951. The SMILES string of the molecule is C[C@H]1CCCN(c2ncc(C(=O)NCc3ccc(F)c(Cl)c3)c(N)n2)C1. The van der Waals surface area contributed by atoms with Crippen LogP contribution < -0.4 is 16.0 Å². The first-order chi connectivity index (χ1) is 12.4. The number of carbonyl (C=O) groups excluding carboxylic acids is 1. The molecule has 2 heterocycles. The number of anilines is 2. The number of rotatable bonds is 4. The molecule has 138 valence electrons. The molecule has 3 rings (SSSR count). The molecule has 0 spiro atoms. The van der Waals surface area contributed by atoms with Crippen LogP contribution in [0.5, 0.6) is 0 Å². The maximum atomic E-state index is 13.2. The number of carbonyl (C=O) groups is 1. The molecular formula is C18H21ClFN5O. The van der Waals surface area contributed by atoms with Crippen LogP contribution in [0.2, 0.25) is 5.02 Å². The summed E-state index contributed by atoms with van der Waals surface area (Å²) in [7, 11) is 0. The Labute approximate surface area is 156 Å². The van der Waals surface area contributed by atoms with E-state index < -0.39 is 5.82 Å². The minimum Gasteiger partial charge on any atom is -0.383 e. The van der Waals surface area contributed by atoms with Gasteiger partial charge in [-0.2, -0.15) is 4.98 Å². The summed E-state index contributed by atoms with van der Waals surface area (Å²) in [5, 5.41) is 2.73. The number of nitrogens with one attached hydrogen (secondary N) is 1. The predicted octanol–water partition coefficient (Wildman–Crippen LogP) is 3.02. The van der Waals surface area contributed by atoms with Crippen molar-refractivity contribution in [3.05, 3.63) is 46.4 Å². The first kappa shape index (κ1) is 18.4. The molecule has 26 heavy (non-hydrogen) atoms. The van der Waals surface area contributed by atoms with Crippen LogP contribution in [-0.2, 0) is 6.54 Å². The van der Waals surface area contributed by atoms with Crippen LogP contribution in [0, 0.1) is 11.7 Å². The van der Waals surface area contributed by atoms with E-state index in [0.29, 0.717) is 17.4 Å². The zero-order valence-electron chi connectivity index (χ0n) is 14.5. The number of benzene rings is 1. The van der Waals surface area contributed by atoms with Crippen LogP contribution in [0.25, 0.3) is 0 Å². The van der Waals surface area contributed by atoms with E-state index in [0.717, 1.165) is 19.5 Å². The van der Waals surface area contributed by atoms with E-state index in [2.05, 4.69) is 27.1 Å². The summed E-state index contributed by atoms with van der Waals surface area (Å²) in [6.07, 6.45) is 3.73. The van der Waals surface area contributed by atoms with Crippen LogP contribution in [0.15, 0.2) is 24.4 Å². The molecule has 1 aromatic heterocycles. The monoisotopic (exact) mass is 377 g/mol. The minimum absolute atomic E-state index is 0.0136. The van der Waals surface area contributed by atoms with Gasteiger partial charge in [0.1, 0.15) is 11.6 Å². The van der Waals surface area contributed by atoms with Gasteiger partial charge >= 0.3 is 0 Å². The molecule has 2 aromatic rings. The highest BCUT2D eigenvalue weighted by molar-refractivity contribution is 6.30. The van der Waals surface area contributed by atoms with Gasteiger partial charge in [0.2, 0.25) is 5.95 Å². The van der Waals surface area contributed by atoms with Crippen LogP contribution in [0.4, 0.5) is 16.2 Å². The summed E-state index contributed by atoms with van der Waals surface area (Å²) in [5.74, 6) is 0.390. The topological polar surface area (TPSA) is 84.1 Å². The van der Waals surface area contributed by atoms with Crippen LogP contribution in [0.1, 0.15) is 35.7 Å². The molecule has 1 aliphatic heterocycles. The fourth-order valence-corrected chi connectivity index (χ4v) is 3.21. The third-order valence-corrected chi connectivity index (χ3v) is 4.72. The van der Waals surface area contributed by atoms with Gasteiger partial charge in [0.25, 0.3) is 5.91 Å². The van der Waals surface area contributed by atoms with Gasteiger partial charge in [0.15, 0.2) is 0 Å². The van der Waals surface area contributed by atoms with Crippen molar-refractivity contribution in [3.8, 4) is 0 Å². The summed E-state index contributed by atoms with van der Waals surface area (Å²) in [6, 6.07) is 4.29. The molecule has 3 N–H and O–H groups in total. The second kappa shape index (κ2) is 7.86. The highest BCUT2D eigenvalue weighted by Gasteiger charge is 2.20. The van der Waals surface area contributed by atoms with Gasteiger partial charge in [0.05, 0.1) is 10.6 Å². The van der Waals surface area contributed by atoms with Crippen molar-refractivity contribution in [1.29, 1.82) is 0 Å². The van der Waals surface area contributed by atoms with E-state index in [4.69, 9.17) is 17.3 Å². The largest absolute Gasteiger partial charge is 0.383 e. The van der Waals surface area contributed by atoms with Gasteiger partial charge in [-0.25, -0.2) is 9.37 Å². The third kappa shape index (κ3) is 4.22. The fraction of sp³-hybridized carbons (Fsp3) is 0.389. The molecule has 1 fully saturated rings. The Hall–Kier alpha value is -2.41. The molecule has 1 saturated heterocycles. The number of nitrogens with zero attached hydrogens (tertiary/aromatic N) is 3. The Morgan fingerprint density at radius 1 is 1.50 bits per heavy atom. The molecule has 0 unspecified atom stereocenters. The number of hydrogen-bond donors (Lipinski definition) is 2. The molecular weight excluding hydrogens is 357 g/mol. The lowest BCUT2D eigenvalue weighted by Gasteiger charge is -2.31. The summed E-state index contributed by atoms with van der Waals surface area (Å²) in [4.78, 5) is 23.0. The number of nitrogen functional groups attached to an aromatic ring is 1. The third-order valence-electron chi connectivity index (χ3n) is 4.43. The maximum Gasteiger partial charge on any atom is 0.256 e. The second-order valence-electron chi connectivity index (χ2n) is 6.59. The lowest BCUT2D eigenvalue weighted by atomic mass is 10.0. The second-order valence-corrected chi connectivity index (χ2v) is 7.00. The molecule has 6 nitrogen and oxygen atoms in total. The Kier molecular flexibility index (Phi) is 5.56. The van der Waals surface area contributed by atoms with Crippen LogP contribution >= 0.6 is 11.6 Å². The van der Waals surface area contributed by atoms with Gasteiger partial charge in [0, 0.05) is 25.8 Å². The molecule has 1 aliphatic rings. The standard InChI is InChI=1S/C18H21ClFN5O/c1-11-3-2-6-25(10-11)18-23-9-13(16(21)24-18)17(26)22-8-12-4-5-15(20)14(19)7-12/h4-5,7,9,11H,2-3,6,8,10H2,1H3,(H,22,26)(H2,21,23,24)/t11-/m0/s1. The number of piperidine rings is 1. The fourth-order valence-electron chi connectivity index (χ4n) is 3.01. The van der Waals surface area contributed by atoms with E-state index in [1.54, 1.807) is 6.07 Å². The first-order valence-corrected chi connectivity index (χ1v) is 8.91. The Morgan fingerprint density at radius 3 is 3.00 bits per heavy atom. The molecule has 1 atom stereocenters. The van der Waals surface area contributed by atoms with Crippen LogP contribution in [0.3, 0.4) is 0 Å².